The molecule has 2 aliphatic rings. The van der Waals surface area contributed by atoms with Gasteiger partial charge in [-0.25, -0.2) is 9.13 Å². The highest BCUT2D eigenvalue weighted by Crippen LogP contribution is 2.52. The first-order valence-corrected chi connectivity index (χ1v) is 15.1. The number of imidazole rings is 1. The molecular formula is C35H34BrN4O+. The average molecular weight is 607 g/mol. The Labute approximate surface area is 249 Å². The highest BCUT2D eigenvalue weighted by molar-refractivity contribution is 9.10. The zero-order valence-electron chi connectivity index (χ0n) is 23.5. The molecule has 0 radical (unpaired) electrons. The summed E-state index contributed by atoms with van der Waals surface area (Å²) in [5, 5.41) is 0. The molecule has 206 valence electrons. The van der Waals surface area contributed by atoms with Crippen molar-refractivity contribution in [2.45, 2.75) is 51.5 Å². The third-order valence-electron chi connectivity index (χ3n) is 9.17. The Kier molecular flexibility index (Phi) is 6.46. The minimum Gasteiger partial charge on any atom is -0.346 e. The van der Waals surface area contributed by atoms with Gasteiger partial charge >= 0.3 is 0 Å². The van der Waals surface area contributed by atoms with Gasteiger partial charge in [-0.2, -0.15) is 0 Å². The Bertz CT molecular complexity index is 1750. The number of likely N-dealkylation sites (tertiary alicyclic amines) is 1. The number of benzene rings is 4. The number of anilines is 1. The molecular weight excluding hydrogens is 572 g/mol. The van der Waals surface area contributed by atoms with Crippen molar-refractivity contribution in [3.8, 4) is 0 Å². The lowest BCUT2D eigenvalue weighted by Crippen LogP contribution is -2.51. The van der Waals surface area contributed by atoms with Crippen LogP contribution in [0.3, 0.4) is 0 Å². The molecule has 1 fully saturated rings. The van der Waals surface area contributed by atoms with Crippen molar-refractivity contribution in [1.29, 1.82) is 0 Å². The second-order valence-electron chi connectivity index (χ2n) is 11.6. The zero-order chi connectivity index (χ0) is 28.1. The summed E-state index contributed by atoms with van der Waals surface area (Å²) in [4.78, 5) is 18.9. The summed E-state index contributed by atoms with van der Waals surface area (Å²) in [6, 6.07) is 36.2. The molecule has 3 heterocycles. The monoisotopic (exact) mass is 605 g/mol. The Morgan fingerprint density at radius 3 is 2.41 bits per heavy atom. The molecule has 2 aliphatic heterocycles. The van der Waals surface area contributed by atoms with Crippen molar-refractivity contribution in [1.82, 2.24) is 9.47 Å². The number of fused-ring (bicyclic) bond motifs is 4. The third kappa shape index (κ3) is 4.36. The standard InChI is InChI=1S/C35H34BrN4O/c1-25-38(22-27-16-18-28(36)19-17-27)31-14-8-9-15-32(31)39(25)24-33(41)37-21-20-35(2)29-12-6-7-13-30(29)40(34(35)37)23-26-10-4-3-5-11-26/h3-19,34H,20-24H2,1-2H3/q+1. The Hall–Kier alpha value is -3.90. The van der Waals surface area contributed by atoms with Crippen LogP contribution in [0.4, 0.5) is 5.69 Å². The first-order chi connectivity index (χ1) is 19.9. The van der Waals surface area contributed by atoms with Crippen molar-refractivity contribution in [3.63, 3.8) is 0 Å². The number of amides is 1. The third-order valence-corrected chi connectivity index (χ3v) is 9.70. The predicted octanol–water partition coefficient (Wildman–Crippen LogP) is 6.58. The number of para-hydroxylation sites is 3. The van der Waals surface area contributed by atoms with Crippen molar-refractivity contribution in [2.24, 2.45) is 0 Å². The molecule has 2 unspecified atom stereocenters. The fourth-order valence-corrected chi connectivity index (χ4v) is 7.36. The topological polar surface area (TPSA) is 32.4 Å². The van der Waals surface area contributed by atoms with E-state index in [4.69, 9.17) is 0 Å². The number of hydrogen-bond acceptors (Lipinski definition) is 2. The number of hydrogen-bond donors (Lipinski definition) is 0. The molecule has 0 N–H and O–H groups in total. The van der Waals surface area contributed by atoms with Gasteiger partial charge in [0.1, 0.15) is 12.7 Å². The molecule has 41 heavy (non-hydrogen) atoms. The van der Waals surface area contributed by atoms with Crippen LogP contribution in [-0.2, 0) is 29.8 Å². The van der Waals surface area contributed by atoms with E-state index in [1.54, 1.807) is 0 Å². The maximum absolute atomic E-state index is 14.3. The fraction of sp³-hybridized carbons (Fsp3) is 0.257. The van der Waals surface area contributed by atoms with Gasteiger partial charge in [-0.3, -0.25) is 4.79 Å². The van der Waals surface area contributed by atoms with E-state index in [1.807, 2.05) is 0 Å². The molecule has 2 atom stereocenters. The number of rotatable bonds is 6. The van der Waals surface area contributed by atoms with Crippen molar-refractivity contribution >= 4 is 38.6 Å². The molecule has 5 aromatic rings. The van der Waals surface area contributed by atoms with Crippen LogP contribution in [0.15, 0.2) is 108 Å². The van der Waals surface area contributed by atoms with Gasteiger partial charge in [0.25, 0.3) is 11.7 Å². The summed E-state index contributed by atoms with van der Waals surface area (Å²) >= 11 is 3.55. The second kappa shape index (κ2) is 10.2. The van der Waals surface area contributed by atoms with Crippen LogP contribution >= 0.6 is 15.9 Å². The van der Waals surface area contributed by atoms with E-state index in [1.165, 1.54) is 22.4 Å². The summed E-state index contributed by atoms with van der Waals surface area (Å²) in [7, 11) is 0. The molecule has 1 saturated heterocycles. The Morgan fingerprint density at radius 1 is 0.902 bits per heavy atom. The lowest BCUT2D eigenvalue weighted by Gasteiger charge is -2.37. The first kappa shape index (κ1) is 26.0. The molecule has 0 aliphatic carbocycles. The van der Waals surface area contributed by atoms with E-state index in [9.17, 15) is 4.79 Å². The van der Waals surface area contributed by atoms with Gasteiger partial charge in [0, 0.05) is 35.6 Å². The number of nitrogens with zero attached hydrogens (tertiary/aromatic N) is 4. The Morgan fingerprint density at radius 2 is 1.61 bits per heavy atom. The van der Waals surface area contributed by atoms with Crippen LogP contribution in [0.5, 0.6) is 0 Å². The highest BCUT2D eigenvalue weighted by atomic mass is 79.9. The largest absolute Gasteiger partial charge is 0.346 e. The predicted molar refractivity (Wildman–Crippen MR) is 167 cm³/mol. The first-order valence-electron chi connectivity index (χ1n) is 14.4. The van der Waals surface area contributed by atoms with Gasteiger partial charge in [0.05, 0.1) is 0 Å². The summed E-state index contributed by atoms with van der Waals surface area (Å²) in [6.45, 7) is 7.09. The van der Waals surface area contributed by atoms with Crippen molar-refractivity contribution < 1.29 is 9.36 Å². The van der Waals surface area contributed by atoms with Gasteiger partial charge < -0.3 is 9.80 Å². The number of aromatic nitrogens is 2. The fourth-order valence-electron chi connectivity index (χ4n) is 7.10. The molecule has 7 rings (SSSR count). The van der Waals surface area contributed by atoms with Gasteiger partial charge in [0.15, 0.2) is 17.6 Å². The van der Waals surface area contributed by atoms with Crippen molar-refractivity contribution in [3.05, 3.63) is 130 Å². The minimum atomic E-state index is -0.101. The molecule has 4 aromatic carbocycles. The average Bonchev–Trinajstić information content (AvgIpc) is 3.56. The minimum absolute atomic E-state index is 0.00960. The van der Waals surface area contributed by atoms with Crippen LogP contribution in [-0.4, -0.2) is 28.1 Å². The summed E-state index contributed by atoms with van der Waals surface area (Å²) in [6.07, 6.45) is 0.949. The molecule has 0 bridgehead atoms. The van der Waals surface area contributed by atoms with E-state index >= 15 is 0 Å². The normalized spacial score (nSPS) is 19.5. The quantitative estimate of drug-likeness (QED) is 0.205. The SMILES string of the molecule is Cc1n(CC(=O)N2CCC3(C)c4ccccc4N(Cc4ccccc4)C23)c2ccccc2[n+]1Cc1ccc(Br)cc1. The lowest BCUT2D eigenvalue weighted by atomic mass is 9.81. The van der Waals surface area contributed by atoms with Gasteiger partial charge in [0.2, 0.25) is 0 Å². The lowest BCUT2D eigenvalue weighted by molar-refractivity contribution is -0.669. The van der Waals surface area contributed by atoms with E-state index in [0.717, 1.165) is 47.4 Å². The van der Waals surface area contributed by atoms with E-state index in [0.29, 0.717) is 6.54 Å². The summed E-state index contributed by atoms with van der Waals surface area (Å²) < 4.78 is 5.60. The molecule has 6 heteroatoms. The highest BCUT2D eigenvalue weighted by Gasteiger charge is 2.55. The summed E-state index contributed by atoms with van der Waals surface area (Å²) in [5.41, 5.74) is 7.22. The van der Waals surface area contributed by atoms with E-state index < -0.39 is 0 Å². The smallest absolute Gasteiger partial charge is 0.266 e. The second-order valence-corrected chi connectivity index (χ2v) is 12.5. The molecule has 0 saturated carbocycles. The maximum Gasteiger partial charge on any atom is 0.266 e. The van der Waals surface area contributed by atoms with Crippen LogP contribution in [0.25, 0.3) is 11.0 Å². The van der Waals surface area contributed by atoms with Crippen molar-refractivity contribution in [2.75, 3.05) is 11.4 Å². The number of halogens is 1. The van der Waals surface area contributed by atoms with E-state index in [2.05, 4.69) is 152 Å². The number of carbonyl (C=O) groups is 1. The molecule has 1 aromatic heterocycles. The molecule has 5 nitrogen and oxygen atoms in total. The van der Waals surface area contributed by atoms with Crippen LogP contribution in [0, 0.1) is 6.92 Å². The van der Waals surface area contributed by atoms with Gasteiger partial charge in [-0.15, -0.1) is 0 Å². The van der Waals surface area contributed by atoms with Gasteiger partial charge in [-0.1, -0.05) is 95.7 Å². The molecule has 0 spiro atoms. The van der Waals surface area contributed by atoms with Crippen LogP contribution < -0.4 is 9.47 Å². The van der Waals surface area contributed by atoms with Crippen LogP contribution in [0.1, 0.15) is 35.9 Å². The summed E-state index contributed by atoms with van der Waals surface area (Å²) in [5.74, 6) is 1.25. The van der Waals surface area contributed by atoms with E-state index in [-0.39, 0.29) is 17.5 Å². The number of carbonyl (C=O) groups excluding carboxylic acids is 1. The zero-order valence-corrected chi connectivity index (χ0v) is 25.1. The van der Waals surface area contributed by atoms with Crippen LogP contribution in [0.2, 0.25) is 0 Å². The maximum atomic E-state index is 14.3. The van der Waals surface area contributed by atoms with Gasteiger partial charge in [-0.05, 0) is 53.4 Å². The Balaban J connectivity index is 1.23. The molecule has 1 amide bonds.